The van der Waals surface area contributed by atoms with Gasteiger partial charge in [0, 0.05) is 33.0 Å². The number of Topliss-reactive ketones (excluding diaryl/α,β-unsaturated/α-hetero) is 1. The molecule has 0 spiro atoms. The predicted octanol–water partition coefficient (Wildman–Crippen LogP) is -0.506. The standard InChI is InChI=1S/C9H13N5O2S/c1-13-9(10-11-12-13)17-6-8(16)14-4-2-7(15)3-5-14/h2-6H2,1H3. The molecule has 1 aromatic heterocycles. The van der Waals surface area contributed by atoms with Gasteiger partial charge in [0.2, 0.25) is 11.1 Å². The lowest BCUT2D eigenvalue weighted by Gasteiger charge is -2.25. The van der Waals surface area contributed by atoms with Crippen molar-refractivity contribution < 1.29 is 9.59 Å². The fourth-order valence-electron chi connectivity index (χ4n) is 1.57. The monoisotopic (exact) mass is 255 g/mol. The van der Waals surface area contributed by atoms with Gasteiger partial charge in [0.15, 0.2) is 0 Å². The van der Waals surface area contributed by atoms with Crippen LogP contribution in [0.1, 0.15) is 12.8 Å². The topological polar surface area (TPSA) is 81.0 Å². The number of tetrazole rings is 1. The molecule has 0 unspecified atom stereocenters. The number of carbonyl (C=O) groups is 2. The van der Waals surface area contributed by atoms with Crippen LogP contribution >= 0.6 is 11.8 Å². The number of piperidine rings is 1. The highest BCUT2D eigenvalue weighted by Gasteiger charge is 2.21. The zero-order valence-electron chi connectivity index (χ0n) is 9.50. The average molecular weight is 255 g/mol. The summed E-state index contributed by atoms with van der Waals surface area (Å²) in [6, 6.07) is 0. The summed E-state index contributed by atoms with van der Waals surface area (Å²) in [7, 11) is 1.73. The number of ketones is 1. The van der Waals surface area contributed by atoms with Crippen LogP contribution in [0, 0.1) is 0 Å². The molecule has 0 atom stereocenters. The largest absolute Gasteiger partial charge is 0.341 e. The SMILES string of the molecule is Cn1nnnc1SCC(=O)N1CCC(=O)CC1. The molecule has 0 radical (unpaired) electrons. The van der Waals surface area contributed by atoms with E-state index in [2.05, 4.69) is 15.5 Å². The number of thioether (sulfide) groups is 1. The molecule has 8 heteroatoms. The minimum atomic E-state index is 0.0329. The third-order valence-electron chi connectivity index (χ3n) is 2.58. The number of amides is 1. The normalized spacial score (nSPS) is 16.3. The number of rotatable bonds is 3. The molecule has 0 aromatic carbocycles. The highest BCUT2D eigenvalue weighted by atomic mass is 32.2. The highest BCUT2D eigenvalue weighted by Crippen LogP contribution is 2.14. The Bertz CT molecular complexity index is 423. The highest BCUT2D eigenvalue weighted by molar-refractivity contribution is 7.99. The van der Waals surface area contributed by atoms with Gasteiger partial charge in [0.25, 0.3) is 0 Å². The van der Waals surface area contributed by atoms with Gasteiger partial charge in [0.05, 0.1) is 5.75 Å². The Kier molecular flexibility index (Phi) is 3.72. The fourth-order valence-corrected chi connectivity index (χ4v) is 2.32. The maximum Gasteiger partial charge on any atom is 0.233 e. The summed E-state index contributed by atoms with van der Waals surface area (Å²) in [5.41, 5.74) is 0. The molecular weight excluding hydrogens is 242 g/mol. The molecule has 1 aliphatic rings. The van der Waals surface area contributed by atoms with Crippen LogP contribution in [0.4, 0.5) is 0 Å². The minimum Gasteiger partial charge on any atom is -0.341 e. The zero-order chi connectivity index (χ0) is 12.3. The number of aromatic nitrogens is 4. The third kappa shape index (κ3) is 3.02. The second kappa shape index (κ2) is 5.26. The molecule has 1 fully saturated rings. The summed E-state index contributed by atoms with van der Waals surface area (Å²) in [5, 5.41) is 11.6. The van der Waals surface area contributed by atoms with E-state index in [4.69, 9.17) is 0 Å². The average Bonchev–Trinajstić information content (AvgIpc) is 2.73. The Hall–Kier alpha value is -1.44. The molecule has 0 bridgehead atoms. The smallest absolute Gasteiger partial charge is 0.233 e. The van der Waals surface area contributed by atoms with E-state index in [0.717, 1.165) is 0 Å². The lowest BCUT2D eigenvalue weighted by molar-refractivity contribution is -0.132. The van der Waals surface area contributed by atoms with Gasteiger partial charge in [-0.15, -0.1) is 5.10 Å². The van der Waals surface area contributed by atoms with Crippen LogP contribution < -0.4 is 0 Å². The first-order valence-corrected chi connectivity index (χ1v) is 6.30. The van der Waals surface area contributed by atoms with Gasteiger partial charge >= 0.3 is 0 Å². The Balaban J connectivity index is 1.81. The van der Waals surface area contributed by atoms with E-state index < -0.39 is 0 Å². The first kappa shape index (κ1) is 12.0. The quantitative estimate of drug-likeness (QED) is 0.677. The van der Waals surface area contributed by atoms with Crippen LogP contribution in [0.15, 0.2) is 5.16 Å². The number of aryl methyl sites for hydroxylation is 1. The van der Waals surface area contributed by atoms with Crippen LogP contribution in [0.5, 0.6) is 0 Å². The number of carbonyl (C=O) groups excluding carboxylic acids is 2. The lowest BCUT2D eigenvalue weighted by atomic mass is 10.1. The van der Waals surface area contributed by atoms with Crippen molar-refractivity contribution in [1.29, 1.82) is 0 Å². The van der Waals surface area contributed by atoms with Gasteiger partial charge in [-0.3, -0.25) is 9.59 Å². The molecule has 0 aliphatic carbocycles. The minimum absolute atomic E-state index is 0.0329. The van der Waals surface area contributed by atoms with Gasteiger partial charge in [0.1, 0.15) is 5.78 Å². The summed E-state index contributed by atoms with van der Waals surface area (Å²) in [6.45, 7) is 1.07. The second-order valence-electron chi connectivity index (χ2n) is 3.79. The van der Waals surface area contributed by atoms with E-state index in [1.165, 1.54) is 16.4 Å². The van der Waals surface area contributed by atoms with E-state index in [0.29, 0.717) is 36.8 Å². The first-order chi connectivity index (χ1) is 8.16. The van der Waals surface area contributed by atoms with Crippen LogP contribution in [0.25, 0.3) is 0 Å². The maximum atomic E-state index is 11.8. The number of hydrogen-bond donors (Lipinski definition) is 0. The number of nitrogens with zero attached hydrogens (tertiary/aromatic N) is 5. The van der Waals surface area contributed by atoms with Gasteiger partial charge in [-0.1, -0.05) is 11.8 Å². The van der Waals surface area contributed by atoms with Crippen molar-refractivity contribution in [1.82, 2.24) is 25.1 Å². The van der Waals surface area contributed by atoms with Crippen molar-refractivity contribution in [2.24, 2.45) is 7.05 Å². The van der Waals surface area contributed by atoms with E-state index in [1.54, 1.807) is 11.9 Å². The van der Waals surface area contributed by atoms with Crippen molar-refractivity contribution >= 4 is 23.5 Å². The first-order valence-electron chi connectivity index (χ1n) is 5.31. The Labute approximate surface area is 103 Å². The number of likely N-dealkylation sites (tertiary alicyclic amines) is 1. The predicted molar refractivity (Wildman–Crippen MR) is 60.3 cm³/mol. The van der Waals surface area contributed by atoms with E-state index in [-0.39, 0.29) is 11.7 Å². The molecule has 1 aliphatic heterocycles. The number of hydrogen-bond acceptors (Lipinski definition) is 6. The lowest BCUT2D eigenvalue weighted by Crippen LogP contribution is -2.39. The van der Waals surface area contributed by atoms with E-state index in [9.17, 15) is 9.59 Å². The molecule has 1 amide bonds. The summed E-state index contributed by atoms with van der Waals surface area (Å²) < 4.78 is 1.53. The van der Waals surface area contributed by atoms with Crippen molar-refractivity contribution in [2.45, 2.75) is 18.0 Å². The van der Waals surface area contributed by atoms with Crippen LogP contribution in [-0.2, 0) is 16.6 Å². The molecule has 7 nitrogen and oxygen atoms in total. The van der Waals surface area contributed by atoms with Crippen LogP contribution in [0.2, 0.25) is 0 Å². The van der Waals surface area contributed by atoms with E-state index >= 15 is 0 Å². The summed E-state index contributed by atoms with van der Waals surface area (Å²) >= 11 is 1.31. The third-order valence-corrected chi connectivity index (χ3v) is 3.58. The summed E-state index contributed by atoms with van der Waals surface area (Å²) in [5.74, 6) is 0.576. The van der Waals surface area contributed by atoms with Gasteiger partial charge < -0.3 is 4.90 Å². The molecule has 1 aromatic rings. The van der Waals surface area contributed by atoms with Gasteiger partial charge in [-0.25, -0.2) is 4.68 Å². The molecule has 0 N–H and O–H groups in total. The second-order valence-corrected chi connectivity index (χ2v) is 4.74. The van der Waals surface area contributed by atoms with Gasteiger partial charge in [-0.05, 0) is 10.4 Å². The molecular formula is C9H13N5O2S. The Morgan fingerprint density at radius 3 is 2.71 bits per heavy atom. The Morgan fingerprint density at radius 2 is 2.12 bits per heavy atom. The molecule has 2 rings (SSSR count). The summed E-state index contributed by atoms with van der Waals surface area (Å²) in [4.78, 5) is 24.6. The Morgan fingerprint density at radius 1 is 1.41 bits per heavy atom. The van der Waals surface area contributed by atoms with Crippen molar-refractivity contribution in [3.63, 3.8) is 0 Å². The van der Waals surface area contributed by atoms with Crippen molar-refractivity contribution in [2.75, 3.05) is 18.8 Å². The zero-order valence-corrected chi connectivity index (χ0v) is 10.3. The fraction of sp³-hybridized carbons (Fsp3) is 0.667. The van der Waals surface area contributed by atoms with Gasteiger partial charge in [-0.2, -0.15) is 0 Å². The molecule has 92 valence electrons. The van der Waals surface area contributed by atoms with Crippen LogP contribution in [0.3, 0.4) is 0 Å². The summed E-state index contributed by atoms with van der Waals surface area (Å²) in [6.07, 6.45) is 0.948. The molecule has 17 heavy (non-hydrogen) atoms. The van der Waals surface area contributed by atoms with Crippen molar-refractivity contribution in [3.8, 4) is 0 Å². The van der Waals surface area contributed by atoms with Crippen molar-refractivity contribution in [3.05, 3.63) is 0 Å². The maximum absolute atomic E-state index is 11.8. The van der Waals surface area contributed by atoms with Crippen LogP contribution in [-0.4, -0.2) is 55.6 Å². The molecule has 1 saturated heterocycles. The molecule has 0 saturated carbocycles. The molecule has 2 heterocycles. The van der Waals surface area contributed by atoms with E-state index in [1.807, 2.05) is 0 Å².